The number of halogens is 3. The second-order valence-corrected chi connectivity index (χ2v) is 7.06. The Balaban J connectivity index is 0.00000190. The number of rotatable bonds is 9. The molecule has 0 aliphatic rings. The van der Waals surface area contributed by atoms with E-state index in [-0.39, 0.29) is 24.2 Å². The van der Waals surface area contributed by atoms with Crippen LogP contribution in [0.3, 0.4) is 0 Å². The number of aromatic nitrogens is 2. The summed E-state index contributed by atoms with van der Waals surface area (Å²) in [7, 11) is 0. The summed E-state index contributed by atoms with van der Waals surface area (Å²) in [6.07, 6.45) is -0.893. The summed E-state index contributed by atoms with van der Waals surface area (Å²) in [5.74, 6) is -1.96. The summed E-state index contributed by atoms with van der Waals surface area (Å²) in [4.78, 5) is 10.6. The lowest BCUT2D eigenvalue weighted by Gasteiger charge is -2.21. The Bertz CT molecular complexity index is 691. The van der Waals surface area contributed by atoms with Crippen molar-refractivity contribution in [3.63, 3.8) is 0 Å². The minimum absolute atomic E-state index is 0.0679. The van der Waals surface area contributed by atoms with Gasteiger partial charge in [-0.3, -0.25) is 9.89 Å². The molecule has 0 radical (unpaired) electrons. The first-order valence-corrected chi connectivity index (χ1v) is 10.2. The fraction of sp³-hybridized carbons (Fsp3) is 0.474. The molecule has 9 heteroatoms. The fourth-order valence-electron chi connectivity index (χ4n) is 2.47. The van der Waals surface area contributed by atoms with E-state index < -0.39 is 24.1 Å². The van der Waals surface area contributed by atoms with E-state index in [2.05, 4.69) is 10.2 Å². The maximum atomic E-state index is 13.4. The molecule has 2 rings (SSSR count). The van der Waals surface area contributed by atoms with Gasteiger partial charge < -0.3 is 10.8 Å². The Morgan fingerprint density at radius 3 is 2.29 bits per heavy atom. The van der Waals surface area contributed by atoms with Crippen molar-refractivity contribution in [2.45, 2.75) is 44.8 Å². The topological polar surface area (TPSA) is 92.0 Å². The molecule has 1 aromatic carbocycles. The van der Waals surface area contributed by atoms with Gasteiger partial charge in [-0.15, -0.1) is 0 Å². The number of aliphatic carboxylic acids is 1. The number of alkyl halides is 3. The highest BCUT2D eigenvalue weighted by atomic mass is 32.2. The van der Waals surface area contributed by atoms with E-state index >= 15 is 0 Å². The second-order valence-electron chi connectivity index (χ2n) is 5.84. The zero-order chi connectivity index (χ0) is 21.2. The first-order valence-electron chi connectivity index (χ1n) is 9.01. The van der Waals surface area contributed by atoms with Gasteiger partial charge in [-0.1, -0.05) is 38.1 Å². The fourth-order valence-corrected chi connectivity index (χ4v) is 3.50. The number of nitrogens with one attached hydrogen (secondary N) is 1. The van der Waals surface area contributed by atoms with Gasteiger partial charge >= 0.3 is 12.1 Å². The first-order chi connectivity index (χ1) is 13.3. The summed E-state index contributed by atoms with van der Waals surface area (Å²) in [6.45, 7) is 4.00. The monoisotopic (exact) mass is 417 g/mol. The molecule has 2 atom stereocenters. The van der Waals surface area contributed by atoms with Gasteiger partial charge in [-0.05, 0) is 35.5 Å². The van der Waals surface area contributed by atoms with Crippen LogP contribution in [-0.2, 0) is 4.79 Å². The molecule has 1 heterocycles. The number of hydrogen-bond acceptors (Lipinski definition) is 4. The molecular weight excluding hydrogens is 391 g/mol. The van der Waals surface area contributed by atoms with Gasteiger partial charge in [0.15, 0.2) is 0 Å². The zero-order valence-electron chi connectivity index (χ0n) is 15.9. The number of thioether (sulfide) groups is 1. The average Bonchev–Trinajstić information content (AvgIpc) is 3.20. The Kier molecular flexibility index (Phi) is 10.1. The Morgan fingerprint density at radius 2 is 1.79 bits per heavy atom. The van der Waals surface area contributed by atoms with Crippen LogP contribution in [0.4, 0.5) is 13.2 Å². The van der Waals surface area contributed by atoms with E-state index in [1.165, 1.54) is 23.9 Å². The molecule has 0 amide bonds. The van der Waals surface area contributed by atoms with Gasteiger partial charge in [0.25, 0.3) is 0 Å². The SMILES string of the molecule is CC.NC(CCSCCC(c1ccc(-c2cn[nH]c2)cc1)C(F)(F)F)C(=O)O. The van der Waals surface area contributed by atoms with Gasteiger partial charge in [0.2, 0.25) is 0 Å². The molecule has 0 aliphatic heterocycles. The molecule has 0 bridgehead atoms. The minimum atomic E-state index is -4.34. The normalized spacial score (nSPS) is 13.4. The smallest absolute Gasteiger partial charge is 0.395 e. The molecule has 28 heavy (non-hydrogen) atoms. The van der Waals surface area contributed by atoms with Crippen LogP contribution in [-0.4, -0.2) is 45.0 Å². The van der Waals surface area contributed by atoms with Crippen LogP contribution in [0.5, 0.6) is 0 Å². The lowest BCUT2D eigenvalue weighted by Crippen LogP contribution is -2.30. The summed E-state index contributed by atoms with van der Waals surface area (Å²) < 4.78 is 40.2. The zero-order valence-corrected chi connectivity index (χ0v) is 16.7. The largest absolute Gasteiger partial charge is 0.480 e. The molecule has 0 spiro atoms. The van der Waals surface area contributed by atoms with Gasteiger partial charge in [-0.2, -0.15) is 30.0 Å². The average molecular weight is 417 g/mol. The number of carboxylic acid groups (broad SMARTS) is 1. The molecule has 0 saturated carbocycles. The molecule has 4 N–H and O–H groups in total. The minimum Gasteiger partial charge on any atom is -0.480 e. The van der Waals surface area contributed by atoms with Gasteiger partial charge in [0, 0.05) is 11.8 Å². The van der Waals surface area contributed by atoms with Crippen molar-refractivity contribution in [1.29, 1.82) is 0 Å². The van der Waals surface area contributed by atoms with Crippen LogP contribution in [0.2, 0.25) is 0 Å². The summed E-state index contributed by atoms with van der Waals surface area (Å²) >= 11 is 1.28. The third-order valence-corrected chi connectivity index (χ3v) is 5.03. The first kappa shape index (κ1) is 24.0. The highest BCUT2D eigenvalue weighted by Crippen LogP contribution is 2.38. The molecule has 2 aromatic rings. The van der Waals surface area contributed by atoms with Crippen molar-refractivity contribution < 1.29 is 23.1 Å². The van der Waals surface area contributed by atoms with Crippen molar-refractivity contribution in [2.75, 3.05) is 11.5 Å². The predicted octanol–water partition coefficient (Wildman–Crippen LogP) is 4.67. The van der Waals surface area contributed by atoms with E-state index in [1.807, 2.05) is 13.8 Å². The maximum absolute atomic E-state index is 13.4. The Hall–Kier alpha value is -2.00. The molecule has 0 fully saturated rings. The van der Waals surface area contributed by atoms with E-state index in [0.29, 0.717) is 5.75 Å². The van der Waals surface area contributed by atoms with Crippen molar-refractivity contribution in [3.05, 3.63) is 42.2 Å². The third-order valence-electron chi connectivity index (χ3n) is 3.98. The number of nitrogens with two attached hydrogens (primary N) is 1. The standard InChI is InChI=1S/C17H20F3N3O2S.C2H6/c18-17(19,20)14(5-7-26-8-6-15(21)16(24)25)12-3-1-11(2-4-12)13-9-22-23-10-13;1-2/h1-4,9-10,14-15H,5-8,21H2,(H,22,23)(H,24,25);1-2H3. The Morgan fingerprint density at radius 1 is 1.18 bits per heavy atom. The number of carbonyl (C=O) groups is 1. The predicted molar refractivity (Wildman–Crippen MR) is 106 cm³/mol. The lowest BCUT2D eigenvalue weighted by molar-refractivity contribution is -0.150. The molecule has 1 aromatic heterocycles. The molecule has 156 valence electrons. The second kappa shape index (κ2) is 11.8. The van der Waals surface area contributed by atoms with Crippen LogP contribution in [0.15, 0.2) is 36.7 Å². The third kappa shape index (κ3) is 7.55. The van der Waals surface area contributed by atoms with E-state index in [1.54, 1.807) is 24.5 Å². The molecule has 5 nitrogen and oxygen atoms in total. The molecular formula is C19H26F3N3O2S. The van der Waals surface area contributed by atoms with Crippen molar-refractivity contribution in [3.8, 4) is 11.1 Å². The highest BCUT2D eigenvalue weighted by Gasteiger charge is 2.40. The van der Waals surface area contributed by atoms with Crippen molar-refractivity contribution in [1.82, 2.24) is 10.2 Å². The number of nitrogens with zero attached hydrogens (tertiary/aromatic N) is 1. The van der Waals surface area contributed by atoms with E-state index in [9.17, 15) is 18.0 Å². The molecule has 0 saturated heterocycles. The molecule has 0 aliphatic carbocycles. The lowest BCUT2D eigenvalue weighted by atomic mass is 9.94. The van der Waals surface area contributed by atoms with E-state index in [4.69, 9.17) is 10.8 Å². The van der Waals surface area contributed by atoms with Gasteiger partial charge in [0.1, 0.15) is 6.04 Å². The number of H-pyrrole nitrogens is 1. The van der Waals surface area contributed by atoms with Crippen LogP contribution in [0.1, 0.15) is 38.2 Å². The summed E-state index contributed by atoms with van der Waals surface area (Å²) in [6, 6.07) is 5.31. The number of hydrogen-bond donors (Lipinski definition) is 3. The Labute approximate surface area is 166 Å². The number of aromatic amines is 1. The van der Waals surface area contributed by atoms with E-state index in [0.717, 1.165) is 11.1 Å². The molecule has 2 unspecified atom stereocenters. The van der Waals surface area contributed by atoms with Gasteiger partial charge in [-0.25, -0.2) is 0 Å². The van der Waals surface area contributed by atoms with Gasteiger partial charge in [0.05, 0.1) is 12.1 Å². The van der Waals surface area contributed by atoms with Crippen LogP contribution in [0, 0.1) is 0 Å². The van der Waals surface area contributed by atoms with Crippen LogP contribution < -0.4 is 5.73 Å². The highest BCUT2D eigenvalue weighted by molar-refractivity contribution is 7.99. The quantitative estimate of drug-likeness (QED) is 0.516. The van der Waals surface area contributed by atoms with Crippen LogP contribution in [0.25, 0.3) is 11.1 Å². The maximum Gasteiger partial charge on any atom is 0.395 e. The number of benzene rings is 1. The number of carboxylic acids is 1. The summed E-state index contributed by atoms with van der Waals surface area (Å²) in [5.41, 5.74) is 7.19. The van der Waals surface area contributed by atoms with Crippen LogP contribution >= 0.6 is 11.8 Å². The van der Waals surface area contributed by atoms with Crippen molar-refractivity contribution in [2.24, 2.45) is 5.73 Å². The summed E-state index contributed by atoms with van der Waals surface area (Å²) in [5, 5.41) is 15.2. The van der Waals surface area contributed by atoms with Crippen molar-refractivity contribution >= 4 is 17.7 Å².